The van der Waals surface area contributed by atoms with Crippen LogP contribution in [0.15, 0.2) is 58.5 Å². The van der Waals surface area contributed by atoms with E-state index in [4.69, 9.17) is 16.3 Å². The fourth-order valence-corrected chi connectivity index (χ4v) is 3.87. The number of carbonyl (C=O) groups excluding carboxylic acids is 2. The number of aliphatic imine (C=N–C) groups is 1. The van der Waals surface area contributed by atoms with E-state index in [9.17, 15) is 18.4 Å². The van der Waals surface area contributed by atoms with Gasteiger partial charge in [0.15, 0.2) is 10.8 Å². The lowest BCUT2D eigenvalue weighted by molar-refractivity contribution is -0.130. The average Bonchev–Trinajstić information content (AvgIpc) is 3.31. The van der Waals surface area contributed by atoms with Gasteiger partial charge in [0, 0.05) is 18.4 Å². The lowest BCUT2D eigenvalue weighted by Crippen LogP contribution is -2.23. The first kappa shape index (κ1) is 20.8. The summed E-state index contributed by atoms with van der Waals surface area (Å²) >= 11 is 7.16. The molecule has 31 heavy (non-hydrogen) atoms. The molecule has 0 saturated heterocycles. The molecular formula is C21H12ClF2N3O3S. The van der Waals surface area contributed by atoms with Crippen molar-refractivity contribution in [2.24, 2.45) is 4.99 Å². The van der Waals surface area contributed by atoms with Crippen molar-refractivity contribution in [2.75, 3.05) is 4.90 Å². The number of carbonyl (C=O) groups is 2. The second kappa shape index (κ2) is 8.37. The fraction of sp³-hybridized carbons (Fsp3) is 0.0476. The predicted octanol–water partition coefficient (Wildman–Crippen LogP) is 5.10. The molecule has 0 N–H and O–H groups in total. The number of hydrogen-bond acceptors (Lipinski definition) is 6. The number of benzene rings is 2. The van der Waals surface area contributed by atoms with Crippen molar-refractivity contribution in [1.82, 2.24) is 4.98 Å². The van der Waals surface area contributed by atoms with Crippen LogP contribution in [-0.2, 0) is 14.3 Å². The highest BCUT2D eigenvalue weighted by molar-refractivity contribution is 7.14. The summed E-state index contributed by atoms with van der Waals surface area (Å²) < 4.78 is 32.6. The zero-order valence-electron chi connectivity index (χ0n) is 15.8. The number of amides is 1. The third-order valence-corrected chi connectivity index (χ3v) is 5.35. The van der Waals surface area contributed by atoms with E-state index in [-0.39, 0.29) is 22.4 Å². The molecule has 3 aromatic rings. The second-order valence-corrected chi connectivity index (χ2v) is 7.56. The van der Waals surface area contributed by atoms with Gasteiger partial charge in [0.2, 0.25) is 11.8 Å². The summed E-state index contributed by atoms with van der Waals surface area (Å²) in [6, 6.07) is 9.66. The minimum atomic E-state index is -0.904. The maximum absolute atomic E-state index is 14.2. The minimum Gasteiger partial charge on any atom is -0.402 e. The number of rotatable bonds is 4. The van der Waals surface area contributed by atoms with E-state index in [2.05, 4.69) is 9.98 Å². The van der Waals surface area contributed by atoms with Crippen LogP contribution in [0.25, 0.3) is 6.08 Å². The van der Waals surface area contributed by atoms with Gasteiger partial charge < -0.3 is 4.74 Å². The summed E-state index contributed by atoms with van der Waals surface area (Å²) in [7, 11) is 0. The lowest BCUT2D eigenvalue weighted by atomic mass is 10.2. The van der Waals surface area contributed by atoms with Gasteiger partial charge in [0.1, 0.15) is 11.6 Å². The highest BCUT2D eigenvalue weighted by Gasteiger charge is 2.26. The van der Waals surface area contributed by atoms with Crippen molar-refractivity contribution in [2.45, 2.75) is 6.92 Å². The van der Waals surface area contributed by atoms with Gasteiger partial charge in [0.25, 0.3) is 0 Å². The van der Waals surface area contributed by atoms with E-state index in [1.807, 2.05) is 0 Å². The number of aromatic nitrogens is 1. The molecule has 1 amide bonds. The van der Waals surface area contributed by atoms with Crippen molar-refractivity contribution >= 4 is 57.6 Å². The van der Waals surface area contributed by atoms with Crippen LogP contribution in [0, 0.1) is 11.6 Å². The van der Waals surface area contributed by atoms with Crippen LogP contribution >= 0.6 is 22.9 Å². The number of esters is 1. The van der Waals surface area contributed by atoms with Crippen LogP contribution in [0.2, 0.25) is 5.02 Å². The molecule has 10 heteroatoms. The summed E-state index contributed by atoms with van der Waals surface area (Å²) in [5, 5.41) is 2.09. The zero-order valence-corrected chi connectivity index (χ0v) is 17.4. The highest BCUT2D eigenvalue weighted by Crippen LogP contribution is 2.32. The summed E-state index contributed by atoms with van der Waals surface area (Å²) in [5.41, 5.74) is 0.634. The molecule has 2 heterocycles. The Hall–Kier alpha value is -3.43. The second-order valence-electron chi connectivity index (χ2n) is 6.32. The van der Waals surface area contributed by atoms with Gasteiger partial charge in [-0.2, -0.15) is 0 Å². The molecule has 0 spiro atoms. The Morgan fingerprint density at radius 2 is 2.00 bits per heavy atom. The molecular weight excluding hydrogens is 448 g/mol. The number of ether oxygens (including phenoxy) is 1. The molecule has 6 nitrogen and oxygen atoms in total. The third kappa shape index (κ3) is 4.23. The summed E-state index contributed by atoms with van der Waals surface area (Å²) in [6.07, 6.45) is 1.38. The fourth-order valence-electron chi connectivity index (χ4n) is 2.81. The van der Waals surface area contributed by atoms with Crippen molar-refractivity contribution < 1.29 is 23.1 Å². The topological polar surface area (TPSA) is 71.9 Å². The Morgan fingerprint density at radius 3 is 2.71 bits per heavy atom. The largest absolute Gasteiger partial charge is 0.402 e. The Balaban J connectivity index is 1.66. The van der Waals surface area contributed by atoms with Crippen LogP contribution in [0.4, 0.5) is 19.6 Å². The van der Waals surface area contributed by atoms with Crippen LogP contribution in [0.1, 0.15) is 18.2 Å². The smallest absolute Gasteiger partial charge is 0.363 e. The van der Waals surface area contributed by atoms with Crippen LogP contribution in [0.3, 0.4) is 0 Å². The molecule has 156 valence electrons. The Bertz CT molecular complexity index is 1270. The maximum Gasteiger partial charge on any atom is 0.363 e. The van der Waals surface area contributed by atoms with Gasteiger partial charge in [-0.3, -0.25) is 9.69 Å². The van der Waals surface area contributed by atoms with Crippen molar-refractivity contribution in [3.8, 4) is 0 Å². The first-order chi connectivity index (χ1) is 14.8. The van der Waals surface area contributed by atoms with Crippen LogP contribution in [0.5, 0.6) is 0 Å². The van der Waals surface area contributed by atoms with Gasteiger partial charge in [-0.05, 0) is 30.3 Å². The van der Waals surface area contributed by atoms with Gasteiger partial charge in [-0.15, -0.1) is 11.3 Å². The molecule has 4 rings (SSSR count). The molecule has 2 aromatic carbocycles. The number of anilines is 2. The van der Waals surface area contributed by atoms with Crippen LogP contribution in [-0.4, -0.2) is 22.8 Å². The number of nitrogens with zero attached hydrogens (tertiary/aromatic N) is 3. The summed E-state index contributed by atoms with van der Waals surface area (Å²) in [4.78, 5) is 33.8. The Labute approximate surface area is 184 Å². The summed E-state index contributed by atoms with van der Waals surface area (Å²) in [6.45, 7) is 1.23. The van der Waals surface area contributed by atoms with E-state index in [1.54, 1.807) is 29.6 Å². The molecule has 0 unspecified atom stereocenters. The molecule has 0 radical (unpaired) electrons. The van der Waals surface area contributed by atoms with Gasteiger partial charge >= 0.3 is 5.97 Å². The van der Waals surface area contributed by atoms with E-state index >= 15 is 0 Å². The Morgan fingerprint density at radius 1 is 1.23 bits per heavy atom. The molecule has 1 aliphatic rings. The number of halogens is 3. The predicted molar refractivity (Wildman–Crippen MR) is 113 cm³/mol. The average molecular weight is 460 g/mol. The highest BCUT2D eigenvalue weighted by atomic mass is 35.5. The van der Waals surface area contributed by atoms with Crippen LogP contribution < -0.4 is 4.90 Å². The summed E-state index contributed by atoms with van der Waals surface area (Å²) in [5.74, 6) is -2.80. The lowest BCUT2D eigenvalue weighted by Gasteiger charge is -2.18. The van der Waals surface area contributed by atoms with Gasteiger partial charge in [-0.25, -0.2) is 23.6 Å². The van der Waals surface area contributed by atoms with Gasteiger partial charge in [0.05, 0.1) is 22.0 Å². The van der Waals surface area contributed by atoms with E-state index in [0.29, 0.717) is 22.3 Å². The normalized spacial score (nSPS) is 14.5. The molecule has 1 aromatic heterocycles. The first-order valence-electron chi connectivity index (χ1n) is 8.82. The molecule has 0 bridgehead atoms. The number of hydrogen-bond donors (Lipinski definition) is 0. The number of thiazole rings is 1. The third-order valence-electron chi connectivity index (χ3n) is 4.18. The standard InChI is InChI=1S/C21H12ClF2N3O3S/c1-11(28)27(18-7-6-12(23)8-16(18)24)21-25-13(10-31-21)9-17-20(29)30-19(26-17)14-4-2-3-5-15(14)22/h2-10H,1H3/b17-9+. The monoisotopic (exact) mass is 459 g/mol. The Kier molecular flexibility index (Phi) is 5.62. The van der Waals surface area contributed by atoms with Crippen molar-refractivity contribution in [1.29, 1.82) is 0 Å². The molecule has 0 aliphatic carbocycles. The molecule has 0 atom stereocenters. The van der Waals surface area contributed by atoms with E-state index in [1.165, 1.54) is 13.0 Å². The zero-order chi connectivity index (χ0) is 22.1. The maximum atomic E-state index is 14.2. The molecule has 0 fully saturated rings. The van der Waals surface area contributed by atoms with Gasteiger partial charge in [-0.1, -0.05) is 23.7 Å². The SMILES string of the molecule is CC(=O)N(c1nc(/C=C2/N=C(c3ccccc3Cl)OC2=O)cs1)c1ccc(F)cc1F. The minimum absolute atomic E-state index is 0.00546. The molecule has 0 saturated carbocycles. The molecule has 1 aliphatic heterocycles. The van der Waals surface area contributed by atoms with E-state index < -0.39 is 23.5 Å². The quantitative estimate of drug-likeness (QED) is 0.402. The number of cyclic esters (lactones) is 1. The van der Waals surface area contributed by atoms with E-state index in [0.717, 1.165) is 28.4 Å². The van der Waals surface area contributed by atoms with Crippen molar-refractivity contribution in [3.05, 3.63) is 81.5 Å². The van der Waals surface area contributed by atoms with Crippen molar-refractivity contribution in [3.63, 3.8) is 0 Å². The first-order valence-corrected chi connectivity index (χ1v) is 10.1.